The van der Waals surface area contributed by atoms with Crippen molar-refractivity contribution in [2.75, 3.05) is 0 Å². The molecule has 0 spiro atoms. The largest absolute Gasteiger partial charge is 0.305 e. The molecule has 1 amide bonds. The van der Waals surface area contributed by atoms with Gasteiger partial charge in [-0.15, -0.1) is 6.42 Å². The van der Waals surface area contributed by atoms with Crippen LogP contribution in [0.5, 0.6) is 0 Å². The average molecular weight is 366 g/mol. The third-order valence-electron chi connectivity index (χ3n) is 4.13. The first-order valence-corrected chi connectivity index (χ1v) is 9.32. The van der Waals surface area contributed by atoms with E-state index in [2.05, 4.69) is 42.0 Å². The molecular formula is C20H22N4OS. The van der Waals surface area contributed by atoms with E-state index in [1.54, 1.807) is 10.7 Å². The maximum absolute atomic E-state index is 12.9. The Bertz CT molecular complexity index is 1110. The lowest BCUT2D eigenvalue weighted by Gasteiger charge is -2.08. The van der Waals surface area contributed by atoms with E-state index in [0.29, 0.717) is 17.0 Å². The first kappa shape index (κ1) is 18.2. The summed E-state index contributed by atoms with van der Waals surface area (Å²) in [6.45, 7) is 10.4. The molecule has 26 heavy (non-hydrogen) atoms. The van der Waals surface area contributed by atoms with E-state index in [0.717, 1.165) is 27.0 Å². The number of aryl methyl sites for hydroxylation is 3. The van der Waals surface area contributed by atoms with Crippen LogP contribution in [-0.2, 0) is 6.54 Å². The van der Waals surface area contributed by atoms with Crippen LogP contribution < -0.4 is 4.80 Å². The van der Waals surface area contributed by atoms with Gasteiger partial charge in [-0.2, -0.15) is 10.1 Å². The standard InChI is InChI=1S/C20H22N4OS/c1-7-8-23-16-10-13(4)9-14(5)18(16)26-20(23)21-19(25)17-11-15(6)22-24(17)12(2)3/h1,9-12H,8H2,2-6H3. The van der Waals surface area contributed by atoms with Crippen molar-refractivity contribution in [3.05, 3.63) is 45.5 Å². The van der Waals surface area contributed by atoms with E-state index in [1.807, 2.05) is 25.3 Å². The Labute approximate surface area is 157 Å². The number of benzene rings is 1. The van der Waals surface area contributed by atoms with Gasteiger partial charge >= 0.3 is 0 Å². The molecule has 134 valence electrons. The van der Waals surface area contributed by atoms with E-state index in [9.17, 15) is 4.79 Å². The molecule has 2 heterocycles. The van der Waals surface area contributed by atoms with Crippen molar-refractivity contribution in [2.24, 2.45) is 4.99 Å². The summed E-state index contributed by atoms with van der Waals surface area (Å²) in [6.07, 6.45) is 5.56. The summed E-state index contributed by atoms with van der Waals surface area (Å²) >= 11 is 1.49. The first-order valence-electron chi connectivity index (χ1n) is 8.51. The van der Waals surface area contributed by atoms with Gasteiger partial charge in [-0.1, -0.05) is 23.3 Å². The third kappa shape index (κ3) is 3.23. The number of hydrogen-bond donors (Lipinski definition) is 0. The maximum atomic E-state index is 12.9. The highest BCUT2D eigenvalue weighted by atomic mass is 32.1. The van der Waals surface area contributed by atoms with Crippen LogP contribution in [0, 0.1) is 33.1 Å². The molecule has 0 bridgehead atoms. The Hall–Kier alpha value is -2.65. The smallest absolute Gasteiger partial charge is 0.297 e. The summed E-state index contributed by atoms with van der Waals surface area (Å²) in [5.74, 6) is 2.37. The van der Waals surface area contributed by atoms with Crippen LogP contribution >= 0.6 is 11.3 Å². The van der Waals surface area contributed by atoms with E-state index in [1.165, 1.54) is 11.3 Å². The maximum Gasteiger partial charge on any atom is 0.297 e. The Balaban J connectivity index is 2.22. The fourth-order valence-electron chi connectivity index (χ4n) is 3.06. The molecule has 0 aliphatic rings. The van der Waals surface area contributed by atoms with Crippen LogP contribution in [0.15, 0.2) is 23.2 Å². The fourth-order valence-corrected chi connectivity index (χ4v) is 4.13. The first-order chi connectivity index (χ1) is 12.3. The number of hydrogen-bond acceptors (Lipinski definition) is 3. The molecule has 0 unspecified atom stereocenters. The Morgan fingerprint density at radius 2 is 2.04 bits per heavy atom. The van der Waals surface area contributed by atoms with Crippen LogP contribution in [0.2, 0.25) is 0 Å². The molecule has 5 nitrogen and oxygen atoms in total. The summed E-state index contributed by atoms with van der Waals surface area (Å²) in [7, 11) is 0. The van der Waals surface area contributed by atoms with Crippen LogP contribution in [0.1, 0.15) is 47.2 Å². The normalized spacial score (nSPS) is 12.1. The monoisotopic (exact) mass is 366 g/mol. The van der Waals surface area contributed by atoms with Gasteiger partial charge in [-0.3, -0.25) is 9.48 Å². The number of nitrogens with zero attached hydrogens (tertiary/aromatic N) is 4. The highest BCUT2D eigenvalue weighted by Gasteiger charge is 2.17. The van der Waals surface area contributed by atoms with E-state index < -0.39 is 0 Å². The Morgan fingerprint density at radius 3 is 2.69 bits per heavy atom. The SMILES string of the molecule is C#CCn1c(=NC(=O)c2cc(C)nn2C(C)C)sc2c(C)cc(C)cc21. The summed E-state index contributed by atoms with van der Waals surface area (Å²) < 4.78 is 4.75. The van der Waals surface area contributed by atoms with Gasteiger partial charge in [0.05, 0.1) is 22.5 Å². The molecule has 0 saturated carbocycles. The van der Waals surface area contributed by atoms with E-state index in [4.69, 9.17) is 6.42 Å². The molecule has 2 aromatic heterocycles. The molecule has 0 saturated heterocycles. The number of amides is 1. The minimum Gasteiger partial charge on any atom is -0.305 e. The molecular weight excluding hydrogens is 344 g/mol. The van der Waals surface area contributed by atoms with Crippen molar-refractivity contribution in [1.82, 2.24) is 14.3 Å². The highest BCUT2D eigenvalue weighted by molar-refractivity contribution is 7.16. The minimum atomic E-state index is -0.300. The zero-order valence-electron chi connectivity index (χ0n) is 15.7. The minimum absolute atomic E-state index is 0.0861. The second kappa shape index (κ2) is 6.93. The molecule has 0 radical (unpaired) electrons. The molecule has 0 fully saturated rings. The number of rotatable bonds is 3. The van der Waals surface area contributed by atoms with E-state index in [-0.39, 0.29) is 11.9 Å². The van der Waals surface area contributed by atoms with Gasteiger partial charge in [0, 0.05) is 6.04 Å². The quantitative estimate of drug-likeness (QED) is 0.663. The van der Waals surface area contributed by atoms with Crippen molar-refractivity contribution in [1.29, 1.82) is 0 Å². The van der Waals surface area contributed by atoms with Crippen LogP contribution in [0.25, 0.3) is 10.2 Å². The van der Waals surface area contributed by atoms with Crippen LogP contribution in [-0.4, -0.2) is 20.3 Å². The molecule has 0 N–H and O–H groups in total. The van der Waals surface area contributed by atoms with Crippen LogP contribution in [0.3, 0.4) is 0 Å². The van der Waals surface area contributed by atoms with Gasteiger partial charge in [0.2, 0.25) is 0 Å². The lowest BCUT2D eigenvalue weighted by molar-refractivity contribution is 0.0986. The lowest BCUT2D eigenvalue weighted by Crippen LogP contribution is -2.18. The zero-order valence-corrected chi connectivity index (χ0v) is 16.5. The number of aromatic nitrogens is 3. The van der Waals surface area contributed by atoms with Crippen molar-refractivity contribution < 1.29 is 4.79 Å². The number of terminal acetylenes is 1. The third-order valence-corrected chi connectivity index (χ3v) is 5.36. The second-order valence-electron chi connectivity index (χ2n) is 6.73. The van der Waals surface area contributed by atoms with Gasteiger partial charge in [0.25, 0.3) is 5.91 Å². The Kier molecular flexibility index (Phi) is 4.84. The molecule has 3 aromatic rings. The predicted octanol–water partition coefficient (Wildman–Crippen LogP) is 3.78. The van der Waals surface area contributed by atoms with Gasteiger partial charge < -0.3 is 4.57 Å². The Morgan fingerprint density at radius 1 is 1.31 bits per heavy atom. The molecule has 1 aromatic carbocycles. The molecule has 0 atom stereocenters. The summed E-state index contributed by atoms with van der Waals surface area (Å²) in [6, 6.07) is 6.08. The lowest BCUT2D eigenvalue weighted by atomic mass is 10.1. The van der Waals surface area contributed by atoms with Crippen molar-refractivity contribution in [3.63, 3.8) is 0 Å². The van der Waals surface area contributed by atoms with Crippen molar-refractivity contribution >= 4 is 27.5 Å². The summed E-state index contributed by atoms with van der Waals surface area (Å²) in [5.41, 5.74) is 4.63. The predicted molar refractivity (Wildman–Crippen MR) is 105 cm³/mol. The number of thiazole rings is 1. The molecule has 0 aliphatic heterocycles. The van der Waals surface area contributed by atoms with Gasteiger partial charge in [0.15, 0.2) is 4.80 Å². The number of fused-ring (bicyclic) bond motifs is 1. The average Bonchev–Trinajstić information content (AvgIpc) is 3.10. The second-order valence-corrected chi connectivity index (χ2v) is 7.71. The number of carbonyl (C=O) groups is 1. The van der Waals surface area contributed by atoms with Gasteiger partial charge in [-0.25, -0.2) is 0 Å². The van der Waals surface area contributed by atoms with Crippen molar-refractivity contribution in [3.8, 4) is 12.3 Å². The topological polar surface area (TPSA) is 52.2 Å². The fraction of sp³-hybridized carbons (Fsp3) is 0.350. The van der Waals surface area contributed by atoms with E-state index >= 15 is 0 Å². The number of carbonyl (C=O) groups excluding carboxylic acids is 1. The molecule has 0 aliphatic carbocycles. The van der Waals surface area contributed by atoms with Crippen molar-refractivity contribution in [2.45, 2.75) is 47.2 Å². The summed E-state index contributed by atoms with van der Waals surface area (Å²) in [4.78, 5) is 17.9. The summed E-state index contributed by atoms with van der Waals surface area (Å²) in [5, 5.41) is 4.40. The van der Waals surface area contributed by atoms with Gasteiger partial charge in [-0.05, 0) is 57.9 Å². The zero-order chi connectivity index (χ0) is 19.0. The molecule has 6 heteroatoms. The van der Waals surface area contributed by atoms with Crippen LogP contribution in [0.4, 0.5) is 0 Å². The highest BCUT2D eigenvalue weighted by Crippen LogP contribution is 2.23. The van der Waals surface area contributed by atoms with Gasteiger partial charge in [0.1, 0.15) is 5.69 Å². The molecule has 3 rings (SSSR count).